The summed E-state index contributed by atoms with van der Waals surface area (Å²) in [6.07, 6.45) is 1.63. The number of rotatable bonds is 5. The van der Waals surface area contributed by atoms with Crippen LogP contribution in [0.4, 0.5) is 5.69 Å². The first kappa shape index (κ1) is 16.6. The van der Waals surface area contributed by atoms with E-state index in [0.29, 0.717) is 6.54 Å². The van der Waals surface area contributed by atoms with E-state index in [2.05, 4.69) is 41.4 Å². The van der Waals surface area contributed by atoms with Crippen LogP contribution in [0.15, 0.2) is 47.1 Å². The number of nitrogens with zero attached hydrogens (tertiary/aromatic N) is 1. The fourth-order valence-corrected chi connectivity index (χ4v) is 3.29. The van der Waals surface area contributed by atoms with E-state index < -0.39 is 0 Å². The smallest absolute Gasteiger partial charge is 0.275 e. The van der Waals surface area contributed by atoms with Gasteiger partial charge >= 0.3 is 0 Å². The van der Waals surface area contributed by atoms with E-state index in [1.807, 2.05) is 19.1 Å². The van der Waals surface area contributed by atoms with E-state index in [1.165, 1.54) is 16.2 Å². The van der Waals surface area contributed by atoms with Gasteiger partial charge < -0.3 is 19.5 Å². The number of carbonyl (C=O) groups is 1. The van der Waals surface area contributed by atoms with E-state index in [-0.39, 0.29) is 11.9 Å². The van der Waals surface area contributed by atoms with Crippen molar-refractivity contribution in [3.63, 3.8) is 0 Å². The molecule has 0 bridgehead atoms. The van der Waals surface area contributed by atoms with Crippen LogP contribution in [0.3, 0.4) is 0 Å². The maximum Gasteiger partial charge on any atom is 0.275 e. The summed E-state index contributed by atoms with van der Waals surface area (Å²) in [5.74, 6) is 0.876. The second-order valence-corrected chi connectivity index (χ2v) is 6.50. The minimum Gasteiger partial charge on any atom is -0.467 e. The third-order valence-electron chi connectivity index (χ3n) is 4.68. The molecule has 1 atom stereocenters. The lowest BCUT2D eigenvalue weighted by molar-refractivity contribution is -0.892. The molecule has 0 saturated carbocycles. The number of piperazine rings is 1. The van der Waals surface area contributed by atoms with Crippen molar-refractivity contribution >= 4 is 11.6 Å². The molecule has 128 valence electrons. The van der Waals surface area contributed by atoms with Crippen LogP contribution >= 0.6 is 0 Å². The first-order valence-electron chi connectivity index (χ1n) is 8.60. The topological polar surface area (TPSA) is 49.9 Å². The fraction of sp³-hybridized carbons (Fsp3) is 0.421. The molecule has 1 aromatic carbocycles. The SMILES string of the molecule is Cc1ccccc1N1CC[NH+](CC(=O)N[C@H](C)c2ccco2)CC1. The monoisotopic (exact) mass is 328 g/mol. The van der Waals surface area contributed by atoms with Crippen LogP contribution in [0.25, 0.3) is 0 Å². The van der Waals surface area contributed by atoms with Gasteiger partial charge in [-0.25, -0.2) is 0 Å². The van der Waals surface area contributed by atoms with Crippen LogP contribution in [0.1, 0.15) is 24.3 Å². The zero-order valence-electron chi connectivity index (χ0n) is 14.4. The Labute approximate surface area is 143 Å². The van der Waals surface area contributed by atoms with E-state index >= 15 is 0 Å². The highest BCUT2D eigenvalue weighted by Crippen LogP contribution is 2.18. The number of amides is 1. The molecule has 1 fully saturated rings. The van der Waals surface area contributed by atoms with Crippen molar-refractivity contribution in [1.29, 1.82) is 0 Å². The van der Waals surface area contributed by atoms with Gasteiger partial charge in [0, 0.05) is 5.69 Å². The molecule has 1 aromatic heterocycles. The molecule has 3 rings (SSSR count). The van der Waals surface area contributed by atoms with Gasteiger partial charge in [-0.2, -0.15) is 0 Å². The molecule has 1 aliphatic rings. The van der Waals surface area contributed by atoms with Crippen LogP contribution in [-0.4, -0.2) is 38.6 Å². The lowest BCUT2D eigenvalue weighted by Gasteiger charge is -2.34. The highest BCUT2D eigenvalue weighted by Gasteiger charge is 2.23. The average molecular weight is 328 g/mol. The Kier molecular flexibility index (Phi) is 5.20. The predicted octanol–water partition coefficient (Wildman–Crippen LogP) is 1.17. The number of hydrogen-bond acceptors (Lipinski definition) is 3. The van der Waals surface area contributed by atoms with Gasteiger partial charge in [-0.15, -0.1) is 0 Å². The molecule has 2 aromatic rings. The highest BCUT2D eigenvalue weighted by molar-refractivity contribution is 5.77. The number of benzene rings is 1. The van der Waals surface area contributed by atoms with Gasteiger partial charge in [-0.3, -0.25) is 4.79 Å². The molecule has 1 saturated heterocycles. The Morgan fingerprint density at radius 2 is 2.00 bits per heavy atom. The maximum atomic E-state index is 12.2. The average Bonchev–Trinajstić information content (AvgIpc) is 3.11. The number of aryl methyl sites for hydroxylation is 1. The molecule has 0 spiro atoms. The summed E-state index contributed by atoms with van der Waals surface area (Å²) in [7, 11) is 0. The van der Waals surface area contributed by atoms with Crippen LogP contribution < -0.4 is 15.1 Å². The normalized spacial score (nSPS) is 16.8. The minimum absolute atomic E-state index is 0.0817. The number of nitrogens with one attached hydrogen (secondary N) is 2. The van der Waals surface area contributed by atoms with Crippen molar-refractivity contribution in [2.75, 3.05) is 37.6 Å². The fourth-order valence-electron chi connectivity index (χ4n) is 3.29. The zero-order chi connectivity index (χ0) is 16.9. The summed E-state index contributed by atoms with van der Waals surface area (Å²) in [5.41, 5.74) is 2.62. The first-order chi connectivity index (χ1) is 11.6. The van der Waals surface area contributed by atoms with E-state index in [9.17, 15) is 4.79 Å². The molecule has 0 unspecified atom stereocenters. The Morgan fingerprint density at radius 1 is 1.25 bits per heavy atom. The number of quaternary nitrogens is 1. The van der Waals surface area contributed by atoms with Gasteiger partial charge in [0.2, 0.25) is 0 Å². The van der Waals surface area contributed by atoms with E-state index in [1.54, 1.807) is 6.26 Å². The molecule has 5 heteroatoms. The molecule has 5 nitrogen and oxygen atoms in total. The van der Waals surface area contributed by atoms with Crippen LogP contribution in [0, 0.1) is 6.92 Å². The summed E-state index contributed by atoms with van der Waals surface area (Å²) in [5, 5.41) is 3.01. The number of para-hydroxylation sites is 1. The molecular weight excluding hydrogens is 302 g/mol. The van der Waals surface area contributed by atoms with Crippen molar-refractivity contribution in [3.05, 3.63) is 54.0 Å². The van der Waals surface area contributed by atoms with Crippen molar-refractivity contribution in [1.82, 2.24) is 5.32 Å². The van der Waals surface area contributed by atoms with Crippen molar-refractivity contribution in [2.45, 2.75) is 19.9 Å². The lowest BCUT2D eigenvalue weighted by Crippen LogP contribution is -3.16. The number of furan rings is 1. The van der Waals surface area contributed by atoms with Crippen LogP contribution in [-0.2, 0) is 4.79 Å². The lowest BCUT2D eigenvalue weighted by atomic mass is 10.1. The Morgan fingerprint density at radius 3 is 2.67 bits per heavy atom. The Hall–Kier alpha value is -2.27. The van der Waals surface area contributed by atoms with Crippen molar-refractivity contribution < 1.29 is 14.1 Å². The Bertz CT molecular complexity index is 661. The van der Waals surface area contributed by atoms with Crippen molar-refractivity contribution in [2.24, 2.45) is 0 Å². The van der Waals surface area contributed by atoms with Crippen molar-refractivity contribution in [3.8, 4) is 0 Å². The summed E-state index contributed by atoms with van der Waals surface area (Å²) in [4.78, 5) is 16.0. The Balaban J connectivity index is 1.47. The minimum atomic E-state index is -0.0832. The third kappa shape index (κ3) is 3.97. The zero-order valence-corrected chi connectivity index (χ0v) is 14.4. The van der Waals surface area contributed by atoms with E-state index in [4.69, 9.17) is 4.42 Å². The summed E-state index contributed by atoms with van der Waals surface area (Å²) >= 11 is 0. The second-order valence-electron chi connectivity index (χ2n) is 6.50. The van der Waals surface area contributed by atoms with Crippen LogP contribution in [0.2, 0.25) is 0 Å². The molecule has 1 amide bonds. The third-order valence-corrected chi connectivity index (χ3v) is 4.68. The highest BCUT2D eigenvalue weighted by atomic mass is 16.3. The molecule has 0 radical (unpaired) electrons. The van der Waals surface area contributed by atoms with Gasteiger partial charge in [-0.1, -0.05) is 18.2 Å². The van der Waals surface area contributed by atoms with Gasteiger partial charge in [-0.05, 0) is 37.6 Å². The van der Waals surface area contributed by atoms with E-state index in [0.717, 1.165) is 31.9 Å². The summed E-state index contributed by atoms with van der Waals surface area (Å²) < 4.78 is 5.33. The second kappa shape index (κ2) is 7.53. The largest absolute Gasteiger partial charge is 0.467 e. The predicted molar refractivity (Wildman–Crippen MR) is 94.2 cm³/mol. The van der Waals surface area contributed by atoms with Gasteiger partial charge in [0.05, 0.1) is 38.5 Å². The molecule has 2 heterocycles. The molecule has 24 heavy (non-hydrogen) atoms. The molecule has 1 aliphatic heterocycles. The van der Waals surface area contributed by atoms with Gasteiger partial charge in [0.1, 0.15) is 5.76 Å². The first-order valence-corrected chi connectivity index (χ1v) is 8.60. The van der Waals surface area contributed by atoms with Gasteiger partial charge in [0.25, 0.3) is 5.91 Å². The number of carbonyl (C=O) groups excluding carboxylic acids is 1. The summed E-state index contributed by atoms with van der Waals surface area (Å²) in [6, 6.07) is 12.1. The van der Waals surface area contributed by atoms with Gasteiger partial charge in [0.15, 0.2) is 6.54 Å². The quantitative estimate of drug-likeness (QED) is 0.866. The number of anilines is 1. The number of hydrogen-bond donors (Lipinski definition) is 2. The molecule has 2 N–H and O–H groups in total. The molecular formula is C19H26N3O2+. The standard InChI is InChI=1S/C19H25N3O2/c1-15-6-3-4-7-17(15)22-11-9-21(10-12-22)14-19(23)20-16(2)18-8-5-13-24-18/h3-8,13,16H,9-12,14H2,1-2H3,(H,20,23)/p+1/t16-/m1/s1. The molecule has 0 aliphatic carbocycles. The maximum absolute atomic E-state index is 12.2. The van der Waals surface area contributed by atoms with Crippen LogP contribution in [0.5, 0.6) is 0 Å². The summed E-state index contributed by atoms with van der Waals surface area (Å²) in [6.45, 7) is 8.56.